The Kier molecular flexibility index (Phi) is 5.85. The number of rotatable bonds is 4. The number of methoxy groups -OCH3 is 1. The van der Waals surface area contributed by atoms with E-state index >= 15 is 0 Å². The Hall–Kier alpha value is -2.16. The highest BCUT2D eigenvalue weighted by molar-refractivity contribution is 5.86. The topological polar surface area (TPSA) is 83.8 Å². The molecule has 1 aromatic rings. The van der Waals surface area contributed by atoms with Crippen molar-refractivity contribution in [1.82, 2.24) is 29.5 Å². The van der Waals surface area contributed by atoms with Crippen molar-refractivity contribution in [3.05, 3.63) is 12.7 Å². The summed E-state index contributed by atoms with van der Waals surface area (Å²) < 4.78 is 6.65. The summed E-state index contributed by atoms with van der Waals surface area (Å²) >= 11 is 0. The van der Waals surface area contributed by atoms with Crippen LogP contribution in [0.3, 0.4) is 0 Å². The number of piperidine rings is 1. The SMILES string of the molecule is COC(=O)N1CCCCC1C(=O)N1CCN(CCn2cncn2)CC1. The van der Waals surface area contributed by atoms with Gasteiger partial charge >= 0.3 is 6.09 Å². The molecule has 0 aliphatic carbocycles. The fraction of sp³-hybridized carbons (Fsp3) is 0.750. The van der Waals surface area contributed by atoms with Crippen LogP contribution in [-0.4, -0.2) is 93.9 Å². The highest BCUT2D eigenvalue weighted by Crippen LogP contribution is 2.20. The summed E-state index contributed by atoms with van der Waals surface area (Å²) in [5, 5.41) is 4.10. The minimum Gasteiger partial charge on any atom is -0.453 e. The van der Waals surface area contributed by atoms with Crippen LogP contribution >= 0.6 is 0 Å². The van der Waals surface area contributed by atoms with Gasteiger partial charge in [-0.3, -0.25) is 19.3 Å². The van der Waals surface area contributed by atoms with Crippen molar-refractivity contribution in [3.8, 4) is 0 Å². The minimum atomic E-state index is -0.399. The summed E-state index contributed by atoms with van der Waals surface area (Å²) in [4.78, 5) is 34.5. The molecule has 3 heterocycles. The second-order valence-electron chi connectivity index (χ2n) is 6.50. The molecule has 1 atom stereocenters. The van der Waals surface area contributed by atoms with Gasteiger partial charge in [0.15, 0.2) is 0 Å². The van der Waals surface area contributed by atoms with Crippen molar-refractivity contribution in [2.24, 2.45) is 0 Å². The summed E-state index contributed by atoms with van der Waals surface area (Å²) in [5.41, 5.74) is 0. The first kappa shape index (κ1) is 17.7. The number of amides is 2. The predicted molar refractivity (Wildman–Crippen MR) is 89.8 cm³/mol. The van der Waals surface area contributed by atoms with Crippen LogP contribution in [0.4, 0.5) is 4.79 Å². The number of piperazine rings is 1. The summed E-state index contributed by atoms with van der Waals surface area (Å²) in [6.07, 6.45) is 5.47. The van der Waals surface area contributed by atoms with E-state index in [1.165, 1.54) is 13.4 Å². The highest BCUT2D eigenvalue weighted by Gasteiger charge is 2.36. The van der Waals surface area contributed by atoms with Gasteiger partial charge in [-0.05, 0) is 19.3 Å². The molecule has 0 saturated carbocycles. The van der Waals surface area contributed by atoms with Crippen LogP contribution < -0.4 is 0 Å². The molecule has 0 spiro atoms. The van der Waals surface area contributed by atoms with E-state index in [1.807, 2.05) is 9.58 Å². The third kappa shape index (κ3) is 4.28. The van der Waals surface area contributed by atoms with Crippen LogP contribution in [-0.2, 0) is 16.1 Å². The van der Waals surface area contributed by atoms with E-state index in [4.69, 9.17) is 4.74 Å². The number of aromatic nitrogens is 3. The highest BCUT2D eigenvalue weighted by atomic mass is 16.5. The van der Waals surface area contributed by atoms with Crippen molar-refractivity contribution in [2.75, 3.05) is 46.4 Å². The van der Waals surface area contributed by atoms with E-state index in [1.54, 1.807) is 11.2 Å². The van der Waals surface area contributed by atoms with Crippen LogP contribution in [0.1, 0.15) is 19.3 Å². The Morgan fingerprint density at radius 2 is 1.92 bits per heavy atom. The molecule has 0 N–H and O–H groups in total. The second kappa shape index (κ2) is 8.28. The number of hydrogen-bond donors (Lipinski definition) is 0. The molecular formula is C16H26N6O3. The molecule has 1 aromatic heterocycles. The smallest absolute Gasteiger partial charge is 0.410 e. The number of carbonyl (C=O) groups is 2. The summed E-state index contributed by atoms with van der Waals surface area (Å²) in [5.74, 6) is 0.0565. The maximum absolute atomic E-state index is 12.9. The Labute approximate surface area is 147 Å². The number of nitrogens with zero attached hydrogens (tertiary/aromatic N) is 6. The van der Waals surface area contributed by atoms with Gasteiger partial charge in [-0.25, -0.2) is 9.78 Å². The van der Waals surface area contributed by atoms with Gasteiger partial charge in [0.2, 0.25) is 5.91 Å². The molecule has 2 aliphatic rings. The molecule has 0 aromatic carbocycles. The van der Waals surface area contributed by atoms with Crippen molar-refractivity contribution in [3.63, 3.8) is 0 Å². The molecule has 2 saturated heterocycles. The molecule has 0 radical (unpaired) electrons. The molecule has 9 nitrogen and oxygen atoms in total. The Bertz CT molecular complexity index is 570. The van der Waals surface area contributed by atoms with E-state index in [2.05, 4.69) is 15.0 Å². The molecule has 25 heavy (non-hydrogen) atoms. The zero-order valence-corrected chi connectivity index (χ0v) is 14.7. The van der Waals surface area contributed by atoms with Gasteiger partial charge in [-0.2, -0.15) is 5.10 Å². The van der Waals surface area contributed by atoms with Crippen molar-refractivity contribution < 1.29 is 14.3 Å². The average Bonchev–Trinajstić information content (AvgIpc) is 3.19. The number of carbonyl (C=O) groups excluding carboxylic acids is 2. The lowest BCUT2D eigenvalue weighted by Crippen LogP contribution is -2.57. The van der Waals surface area contributed by atoms with E-state index < -0.39 is 6.09 Å². The van der Waals surface area contributed by atoms with Crippen LogP contribution in [0.2, 0.25) is 0 Å². The Morgan fingerprint density at radius 1 is 1.12 bits per heavy atom. The van der Waals surface area contributed by atoms with Gasteiger partial charge in [0, 0.05) is 39.3 Å². The van der Waals surface area contributed by atoms with Crippen molar-refractivity contribution in [2.45, 2.75) is 31.8 Å². The standard InChI is InChI=1S/C16H26N6O3/c1-25-16(24)22-5-3-2-4-14(22)15(23)20-9-6-19(7-10-20)8-11-21-13-17-12-18-21/h12-14H,2-11H2,1H3. The third-order valence-corrected chi connectivity index (χ3v) is 4.99. The molecule has 2 amide bonds. The fourth-order valence-corrected chi connectivity index (χ4v) is 3.52. The summed E-state index contributed by atoms with van der Waals surface area (Å²) in [7, 11) is 1.37. The average molecular weight is 350 g/mol. The molecule has 0 bridgehead atoms. The minimum absolute atomic E-state index is 0.0565. The first-order valence-electron chi connectivity index (χ1n) is 8.87. The lowest BCUT2D eigenvalue weighted by atomic mass is 10.0. The number of likely N-dealkylation sites (tertiary alicyclic amines) is 1. The molecular weight excluding hydrogens is 324 g/mol. The monoisotopic (exact) mass is 350 g/mol. The maximum Gasteiger partial charge on any atom is 0.410 e. The van der Waals surface area contributed by atoms with Crippen molar-refractivity contribution in [1.29, 1.82) is 0 Å². The summed E-state index contributed by atoms with van der Waals surface area (Å²) in [6, 6.07) is -0.372. The van der Waals surface area contributed by atoms with E-state index in [0.717, 1.165) is 45.4 Å². The van der Waals surface area contributed by atoms with Gasteiger partial charge in [-0.15, -0.1) is 0 Å². The molecule has 2 aliphatic heterocycles. The van der Waals surface area contributed by atoms with E-state index in [-0.39, 0.29) is 11.9 Å². The van der Waals surface area contributed by atoms with Crippen LogP contribution in [0.5, 0.6) is 0 Å². The molecule has 138 valence electrons. The molecule has 1 unspecified atom stereocenters. The van der Waals surface area contributed by atoms with E-state index in [9.17, 15) is 9.59 Å². The zero-order valence-electron chi connectivity index (χ0n) is 14.7. The van der Waals surface area contributed by atoms with Gasteiger partial charge in [-0.1, -0.05) is 0 Å². The first-order chi connectivity index (χ1) is 12.2. The van der Waals surface area contributed by atoms with Gasteiger partial charge in [0.1, 0.15) is 18.7 Å². The zero-order chi connectivity index (χ0) is 17.6. The van der Waals surface area contributed by atoms with Crippen LogP contribution in [0.25, 0.3) is 0 Å². The fourth-order valence-electron chi connectivity index (χ4n) is 3.52. The van der Waals surface area contributed by atoms with Gasteiger partial charge < -0.3 is 9.64 Å². The third-order valence-electron chi connectivity index (χ3n) is 4.99. The predicted octanol–water partition coefficient (Wildman–Crippen LogP) is 0.0432. The summed E-state index contributed by atoms with van der Waals surface area (Å²) in [6.45, 7) is 5.36. The Morgan fingerprint density at radius 3 is 2.60 bits per heavy atom. The lowest BCUT2D eigenvalue weighted by molar-refractivity contribution is -0.139. The van der Waals surface area contributed by atoms with Crippen LogP contribution in [0.15, 0.2) is 12.7 Å². The normalized spacial score (nSPS) is 22.0. The maximum atomic E-state index is 12.9. The van der Waals surface area contributed by atoms with Gasteiger partial charge in [0.05, 0.1) is 13.7 Å². The Balaban J connectivity index is 1.49. The largest absolute Gasteiger partial charge is 0.453 e. The number of ether oxygens (including phenoxy) is 1. The van der Waals surface area contributed by atoms with Crippen LogP contribution in [0, 0.1) is 0 Å². The quantitative estimate of drug-likeness (QED) is 0.763. The molecule has 9 heteroatoms. The molecule has 2 fully saturated rings. The van der Waals surface area contributed by atoms with E-state index in [0.29, 0.717) is 19.6 Å². The number of hydrogen-bond acceptors (Lipinski definition) is 6. The van der Waals surface area contributed by atoms with Crippen molar-refractivity contribution >= 4 is 12.0 Å². The molecule has 3 rings (SSSR count). The lowest BCUT2D eigenvalue weighted by Gasteiger charge is -2.40. The van der Waals surface area contributed by atoms with Gasteiger partial charge in [0.25, 0.3) is 0 Å². The second-order valence-corrected chi connectivity index (χ2v) is 6.50. The first-order valence-corrected chi connectivity index (χ1v) is 8.87.